The topological polar surface area (TPSA) is 81.9 Å². The van der Waals surface area contributed by atoms with Crippen LogP contribution in [0.4, 0.5) is 5.69 Å². The van der Waals surface area contributed by atoms with Crippen LogP contribution in [0.15, 0.2) is 30.3 Å². The molecule has 26 heavy (non-hydrogen) atoms. The molecule has 7 nitrogen and oxygen atoms in total. The molecule has 0 aromatic heterocycles. The Morgan fingerprint density at radius 1 is 1.19 bits per heavy atom. The zero-order valence-corrected chi connectivity index (χ0v) is 15.7. The van der Waals surface area contributed by atoms with Gasteiger partial charge in [0, 0.05) is 24.7 Å². The van der Waals surface area contributed by atoms with Gasteiger partial charge in [0.05, 0.1) is 19.1 Å². The van der Waals surface area contributed by atoms with Gasteiger partial charge in [-0.2, -0.15) is 0 Å². The summed E-state index contributed by atoms with van der Waals surface area (Å²) >= 11 is 5.80. The number of amides is 1. The minimum atomic E-state index is -0.616. The molecule has 0 radical (unpaired) electrons. The molecule has 0 fully saturated rings. The number of halogens is 1. The molecule has 0 spiro atoms. The zero-order chi connectivity index (χ0) is 19.4. The van der Waals surface area contributed by atoms with Gasteiger partial charge in [-0.1, -0.05) is 11.6 Å². The Labute approximate surface area is 156 Å². The Hall–Kier alpha value is -2.80. The molecule has 0 saturated heterocycles. The number of aryl methyl sites for hydroxylation is 1. The highest BCUT2D eigenvalue weighted by Gasteiger charge is 2.24. The number of rotatable bonds is 6. The fourth-order valence-corrected chi connectivity index (χ4v) is 2.73. The average Bonchev–Trinajstić information content (AvgIpc) is 2.62. The van der Waals surface area contributed by atoms with Crippen molar-refractivity contribution < 1.29 is 19.2 Å². The first-order valence-electron chi connectivity index (χ1n) is 7.69. The largest absolute Gasteiger partial charge is 0.493 e. The second-order valence-electron chi connectivity index (χ2n) is 5.71. The van der Waals surface area contributed by atoms with Crippen LogP contribution < -0.4 is 9.47 Å². The molecule has 0 aliphatic carbocycles. The van der Waals surface area contributed by atoms with Crippen LogP contribution in [0.5, 0.6) is 11.5 Å². The fourth-order valence-electron chi connectivity index (χ4n) is 2.56. The van der Waals surface area contributed by atoms with E-state index in [1.807, 2.05) is 13.0 Å². The number of benzene rings is 2. The maximum Gasteiger partial charge on any atom is 0.283 e. The van der Waals surface area contributed by atoms with E-state index in [-0.39, 0.29) is 22.8 Å². The van der Waals surface area contributed by atoms with E-state index < -0.39 is 10.8 Å². The quantitative estimate of drug-likeness (QED) is 0.563. The lowest BCUT2D eigenvalue weighted by Gasteiger charge is -2.20. The van der Waals surface area contributed by atoms with Crippen molar-refractivity contribution in [2.75, 3.05) is 21.3 Å². The van der Waals surface area contributed by atoms with E-state index in [1.165, 1.54) is 30.2 Å². The minimum absolute atomic E-state index is 0.0139. The van der Waals surface area contributed by atoms with Crippen molar-refractivity contribution in [3.05, 3.63) is 62.2 Å². The molecule has 0 unspecified atom stereocenters. The third-order valence-corrected chi connectivity index (χ3v) is 4.22. The Morgan fingerprint density at radius 3 is 2.38 bits per heavy atom. The summed E-state index contributed by atoms with van der Waals surface area (Å²) in [5.41, 5.74) is 1.42. The molecule has 0 aliphatic rings. The molecule has 0 N–H and O–H groups in total. The molecule has 0 bridgehead atoms. The maximum atomic E-state index is 12.7. The summed E-state index contributed by atoms with van der Waals surface area (Å²) in [5.74, 6) is 0.671. The van der Waals surface area contributed by atoms with Crippen LogP contribution in [-0.2, 0) is 6.54 Å². The van der Waals surface area contributed by atoms with E-state index in [1.54, 1.807) is 20.2 Å². The number of carbonyl (C=O) groups is 1. The van der Waals surface area contributed by atoms with Gasteiger partial charge in [-0.25, -0.2) is 0 Å². The van der Waals surface area contributed by atoms with Gasteiger partial charge in [-0.15, -0.1) is 0 Å². The number of hydrogen-bond donors (Lipinski definition) is 0. The number of hydrogen-bond acceptors (Lipinski definition) is 5. The SMILES string of the molecule is COc1cc(C)c(CN(C)C(=O)c2ccc(Cl)cc2[N+](=O)[O-])cc1OC. The summed E-state index contributed by atoms with van der Waals surface area (Å²) in [7, 11) is 4.66. The molecule has 0 atom stereocenters. The Kier molecular flexibility index (Phi) is 6.05. The summed E-state index contributed by atoms with van der Waals surface area (Å²) in [6, 6.07) is 7.59. The lowest BCUT2D eigenvalue weighted by Crippen LogP contribution is -2.27. The van der Waals surface area contributed by atoms with Gasteiger partial charge in [0.2, 0.25) is 0 Å². The van der Waals surface area contributed by atoms with Crippen molar-refractivity contribution in [2.45, 2.75) is 13.5 Å². The predicted octanol–water partition coefficient (Wildman–Crippen LogP) is 3.85. The summed E-state index contributed by atoms with van der Waals surface area (Å²) in [6.07, 6.45) is 0. The van der Waals surface area contributed by atoms with Crippen molar-refractivity contribution in [3.63, 3.8) is 0 Å². The van der Waals surface area contributed by atoms with Crippen LogP contribution in [0.1, 0.15) is 21.5 Å². The van der Waals surface area contributed by atoms with E-state index in [0.717, 1.165) is 11.1 Å². The van der Waals surface area contributed by atoms with E-state index in [4.69, 9.17) is 21.1 Å². The van der Waals surface area contributed by atoms with E-state index in [9.17, 15) is 14.9 Å². The van der Waals surface area contributed by atoms with Crippen molar-refractivity contribution in [1.82, 2.24) is 4.90 Å². The van der Waals surface area contributed by atoms with Crippen LogP contribution in [0, 0.1) is 17.0 Å². The van der Waals surface area contributed by atoms with Crippen molar-refractivity contribution in [1.29, 1.82) is 0 Å². The van der Waals surface area contributed by atoms with Crippen molar-refractivity contribution >= 4 is 23.2 Å². The highest BCUT2D eigenvalue weighted by atomic mass is 35.5. The number of nitro groups is 1. The van der Waals surface area contributed by atoms with E-state index in [2.05, 4.69) is 0 Å². The first-order chi connectivity index (χ1) is 12.3. The van der Waals surface area contributed by atoms with Gasteiger partial charge in [-0.3, -0.25) is 14.9 Å². The average molecular weight is 379 g/mol. The van der Waals surface area contributed by atoms with Crippen LogP contribution in [0.2, 0.25) is 5.02 Å². The first-order valence-corrected chi connectivity index (χ1v) is 8.07. The van der Waals surface area contributed by atoms with Crippen LogP contribution >= 0.6 is 11.6 Å². The summed E-state index contributed by atoms with van der Waals surface area (Å²) in [6.45, 7) is 2.14. The Morgan fingerprint density at radius 2 is 1.81 bits per heavy atom. The second kappa shape index (κ2) is 8.05. The number of methoxy groups -OCH3 is 2. The third-order valence-electron chi connectivity index (χ3n) is 3.98. The number of nitrogens with zero attached hydrogens (tertiary/aromatic N) is 2. The van der Waals surface area contributed by atoms with Gasteiger partial charge < -0.3 is 14.4 Å². The molecular weight excluding hydrogens is 360 g/mol. The van der Waals surface area contributed by atoms with Gasteiger partial charge in [0.1, 0.15) is 5.56 Å². The molecule has 8 heteroatoms. The molecule has 0 aliphatic heterocycles. The van der Waals surface area contributed by atoms with Crippen LogP contribution in [0.25, 0.3) is 0 Å². The molecule has 1 amide bonds. The van der Waals surface area contributed by atoms with E-state index >= 15 is 0 Å². The number of nitro benzene ring substituents is 1. The molecule has 2 aromatic carbocycles. The number of carbonyl (C=O) groups excluding carboxylic acids is 1. The standard InChI is InChI=1S/C18H19ClN2O5/c1-11-7-16(25-3)17(26-4)8-12(11)10-20(2)18(22)14-6-5-13(19)9-15(14)21(23)24/h5-9H,10H2,1-4H3. The van der Waals surface area contributed by atoms with Gasteiger partial charge in [-0.05, 0) is 42.3 Å². The first kappa shape index (κ1) is 19.5. The van der Waals surface area contributed by atoms with Gasteiger partial charge in [0.25, 0.3) is 11.6 Å². The number of ether oxygens (including phenoxy) is 2. The molecule has 2 rings (SSSR count). The Bertz CT molecular complexity index is 854. The lowest BCUT2D eigenvalue weighted by atomic mass is 10.1. The monoisotopic (exact) mass is 378 g/mol. The maximum absolute atomic E-state index is 12.7. The van der Waals surface area contributed by atoms with Crippen molar-refractivity contribution in [3.8, 4) is 11.5 Å². The van der Waals surface area contributed by atoms with Gasteiger partial charge in [0.15, 0.2) is 11.5 Å². The van der Waals surface area contributed by atoms with Crippen LogP contribution in [0.3, 0.4) is 0 Å². The predicted molar refractivity (Wildman–Crippen MR) is 98.2 cm³/mol. The fraction of sp³-hybridized carbons (Fsp3) is 0.278. The molecule has 0 saturated carbocycles. The van der Waals surface area contributed by atoms with E-state index in [0.29, 0.717) is 11.5 Å². The highest BCUT2D eigenvalue weighted by molar-refractivity contribution is 6.31. The normalized spacial score (nSPS) is 10.3. The third kappa shape index (κ3) is 4.05. The molecule has 0 heterocycles. The summed E-state index contributed by atoms with van der Waals surface area (Å²) < 4.78 is 10.5. The van der Waals surface area contributed by atoms with Crippen molar-refractivity contribution in [2.24, 2.45) is 0 Å². The lowest BCUT2D eigenvalue weighted by molar-refractivity contribution is -0.385. The summed E-state index contributed by atoms with van der Waals surface area (Å²) in [5, 5.41) is 11.4. The second-order valence-corrected chi connectivity index (χ2v) is 6.15. The highest BCUT2D eigenvalue weighted by Crippen LogP contribution is 2.31. The molecular formula is C18H19ClN2O5. The smallest absolute Gasteiger partial charge is 0.283 e. The van der Waals surface area contributed by atoms with Crippen LogP contribution in [-0.4, -0.2) is 37.0 Å². The minimum Gasteiger partial charge on any atom is -0.493 e. The molecule has 2 aromatic rings. The Balaban J connectivity index is 2.32. The summed E-state index contributed by atoms with van der Waals surface area (Å²) in [4.78, 5) is 24.7. The van der Waals surface area contributed by atoms with Gasteiger partial charge >= 0.3 is 0 Å². The molecule has 138 valence electrons. The zero-order valence-electron chi connectivity index (χ0n) is 14.9.